The number of rotatable bonds is 4. The Labute approximate surface area is 163 Å². The van der Waals surface area contributed by atoms with E-state index < -0.39 is 21.6 Å². The summed E-state index contributed by atoms with van der Waals surface area (Å²) in [5.41, 5.74) is 0.448. The number of pyridine rings is 1. The molecule has 0 aliphatic heterocycles. The van der Waals surface area contributed by atoms with Gasteiger partial charge in [-0.1, -0.05) is 6.07 Å². The molecule has 29 heavy (non-hydrogen) atoms. The van der Waals surface area contributed by atoms with Gasteiger partial charge in [0, 0.05) is 12.5 Å². The molecule has 1 amide bonds. The van der Waals surface area contributed by atoms with E-state index in [1.807, 2.05) is 0 Å². The molecule has 1 aromatic carbocycles. The number of anilines is 1. The van der Waals surface area contributed by atoms with Gasteiger partial charge in [0.1, 0.15) is 5.82 Å². The molecule has 10 nitrogen and oxygen atoms in total. The number of hydrogen-bond donors (Lipinski definition) is 1. The smallest absolute Gasteiger partial charge is 0.276 e. The highest BCUT2D eigenvalue weighted by atomic mass is 32.2. The first-order valence-corrected chi connectivity index (χ1v) is 10.2. The fourth-order valence-electron chi connectivity index (χ4n) is 2.83. The lowest BCUT2D eigenvalue weighted by Gasteiger charge is -2.08. The van der Waals surface area contributed by atoms with Gasteiger partial charge in [-0.05, 0) is 47.7 Å². The monoisotopic (exact) mass is 415 g/mol. The molecule has 1 N–H and O–H groups in total. The highest BCUT2D eigenvalue weighted by Gasteiger charge is 2.23. The highest BCUT2D eigenvalue weighted by Crippen LogP contribution is 2.22. The largest absolute Gasteiger partial charge is 0.318 e. The first-order valence-electron chi connectivity index (χ1n) is 8.29. The molecular formula is C17H14FN7O3S. The van der Waals surface area contributed by atoms with Gasteiger partial charge in [0.15, 0.2) is 11.5 Å². The van der Waals surface area contributed by atoms with Crippen LogP contribution < -0.4 is 5.32 Å². The molecule has 0 aliphatic carbocycles. The van der Waals surface area contributed by atoms with Crippen molar-refractivity contribution in [1.29, 1.82) is 0 Å². The molecule has 0 atom stereocenters. The zero-order valence-corrected chi connectivity index (χ0v) is 16.1. The minimum absolute atomic E-state index is 0.125. The van der Waals surface area contributed by atoms with Gasteiger partial charge >= 0.3 is 0 Å². The van der Waals surface area contributed by atoms with Crippen molar-refractivity contribution in [3.63, 3.8) is 0 Å². The Morgan fingerprint density at radius 2 is 2.00 bits per heavy atom. The molecule has 0 unspecified atom stereocenters. The summed E-state index contributed by atoms with van der Waals surface area (Å²) < 4.78 is 41.0. The van der Waals surface area contributed by atoms with E-state index >= 15 is 0 Å². The van der Waals surface area contributed by atoms with Crippen LogP contribution >= 0.6 is 0 Å². The van der Waals surface area contributed by atoms with Crippen molar-refractivity contribution < 1.29 is 17.6 Å². The summed E-state index contributed by atoms with van der Waals surface area (Å²) in [5.74, 6) is -0.959. The molecule has 0 aliphatic rings. The Morgan fingerprint density at radius 3 is 2.69 bits per heavy atom. The standard InChI is InChI=1S/C17H14FN7O3S/c1-10-21-22-23-25(10)11-6-7-12(18)13(9-11)19-16(26)15-14-5-3-4-8-24(14)17(20-15)29(2,27)28/h3-9H,1-2H3,(H,19,26). The number of carbonyl (C=O) groups excluding carboxylic acids is 1. The molecule has 3 heterocycles. The average molecular weight is 415 g/mol. The van der Waals surface area contributed by atoms with E-state index in [2.05, 4.69) is 25.8 Å². The van der Waals surface area contributed by atoms with Crippen LogP contribution in [0.1, 0.15) is 16.3 Å². The molecule has 12 heteroatoms. The zero-order chi connectivity index (χ0) is 20.8. The normalized spacial score (nSPS) is 11.7. The van der Waals surface area contributed by atoms with Gasteiger partial charge < -0.3 is 5.32 Å². The van der Waals surface area contributed by atoms with Gasteiger partial charge in [0.05, 0.1) is 16.9 Å². The molecule has 0 saturated carbocycles. The second-order valence-corrected chi connectivity index (χ2v) is 8.14. The number of hydrogen-bond acceptors (Lipinski definition) is 7. The lowest BCUT2D eigenvalue weighted by Crippen LogP contribution is -2.15. The molecular weight excluding hydrogens is 401 g/mol. The third-order valence-corrected chi connectivity index (χ3v) is 5.08. The predicted octanol–water partition coefficient (Wildman–Crippen LogP) is 1.41. The first-order chi connectivity index (χ1) is 13.8. The Kier molecular flexibility index (Phi) is 4.34. The third-order valence-electron chi connectivity index (χ3n) is 4.13. The summed E-state index contributed by atoms with van der Waals surface area (Å²) >= 11 is 0. The molecule has 0 fully saturated rings. The maximum Gasteiger partial charge on any atom is 0.276 e. The van der Waals surface area contributed by atoms with Crippen molar-refractivity contribution >= 4 is 26.9 Å². The van der Waals surface area contributed by atoms with E-state index in [1.54, 1.807) is 25.1 Å². The quantitative estimate of drug-likeness (QED) is 0.534. The summed E-state index contributed by atoms with van der Waals surface area (Å²) in [5, 5.41) is 13.3. The summed E-state index contributed by atoms with van der Waals surface area (Å²) in [7, 11) is -3.69. The number of carbonyl (C=O) groups is 1. The topological polar surface area (TPSA) is 124 Å². The summed E-state index contributed by atoms with van der Waals surface area (Å²) in [6, 6.07) is 8.80. The number of aromatic nitrogens is 6. The van der Waals surface area contributed by atoms with Crippen molar-refractivity contribution in [1.82, 2.24) is 29.6 Å². The lowest BCUT2D eigenvalue weighted by molar-refractivity contribution is 0.102. The number of amides is 1. The van der Waals surface area contributed by atoms with Gasteiger partial charge in [0.2, 0.25) is 15.0 Å². The van der Waals surface area contributed by atoms with E-state index in [4.69, 9.17) is 0 Å². The average Bonchev–Trinajstić information content (AvgIpc) is 3.27. The van der Waals surface area contributed by atoms with Gasteiger partial charge in [-0.15, -0.1) is 5.10 Å². The van der Waals surface area contributed by atoms with Crippen molar-refractivity contribution in [2.24, 2.45) is 0 Å². The zero-order valence-electron chi connectivity index (χ0n) is 15.2. The Hall–Kier alpha value is -3.67. The van der Waals surface area contributed by atoms with Crippen LogP contribution in [0.25, 0.3) is 11.2 Å². The van der Waals surface area contributed by atoms with E-state index in [-0.39, 0.29) is 22.1 Å². The minimum atomic E-state index is -3.69. The molecule has 148 valence electrons. The Bertz CT molecular complexity index is 1360. The van der Waals surface area contributed by atoms with Crippen LogP contribution in [-0.4, -0.2) is 50.2 Å². The lowest BCUT2D eigenvalue weighted by atomic mass is 10.2. The molecule has 0 saturated heterocycles. The van der Waals surface area contributed by atoms with Crippen LogP contribution in [0, 0.1) is 12.7 Å². The second kappa shape index (κ2) is 6.74. The van der Waals surface area contributed by atoms with E-state index in [0.717, 1.165) is 6.26 Å². The fourth-order valence-corrected chi connectivity index (χ4v) is 3.60. The molecule has 0 bridgehead atoms. The van der Waals surface area contributed by atoms with E-state index in [1.165, 1.54) is 33.5 Å². The van der Waals surface area contributed by atoms with Gasteiger partial charge in [-0.2, -0.15) is 4.68 Å². The summed E-state index contributed by atoms with van der Waals surface area (Å²) in [6.45, 7) is 1.67. The van der Waals surface area contributed by atoms with Crippen molar-refractivity contribution in [3.05, 3.63) is 59.9 Å². The number of fused-ring (bicyclic) bond motifs is 1. The van der Waals surface area contributed by atoms with Crippen LogP contribution in [0.5, 0.6) is 0 Å². The number of sulfone groups is 1. The molecule has 4 aromatic rings. The SMILES string of the molecule is Cc1nnnn1-c1ccc(F)c(NC(=O)c2nc(S(C)(=O)=O)n3ccccc23)c1. The molecule has 0 radical (unpaired) electrons. The number of nitrogens with zero attached hydrogens (tertiary/aromatic N) is 6. The van der Waals surface area contributed by atoms with Gasteiger partial charge in [0.25, 0.3) is 5.91 Å². The van der Waals surface area contributed by atoms with Crippen LogP contribution in [0.3, 0.4) is 0 Å². The fraction of sp³-hybridized carbons (Fsp3) is 0.118. The van der Waals surface area contributed by atoms with Crippen LogP contribution in [0.4, 0.5) is 10.1 Å². The number of imidazole rings is 1. The molecule has 4 rings (SSSR count). The first kappa shape index (κ1) is 18.7. The second-order valence-electron chi connectivity index (χ2n) is 6.23. The molecule has 0 spiro atoms. The van der Waals surface area contributed by atoms with Crippen LogP contribution in [0.2, 0.25) is 0 Å². The number of nitrogens with one attached hydrogen (secondary N) is 1. The number of tetrazole rings is 1. The maximum atomic E-state index is 14.3. The third kappa shape index (κ3) is 3.33. The summed E-state index contributed by atoms with van der Waals surface area (Å²) in [6.07, 6.45) is 2.48. The van der Waals surface area contributed by atoms with E-state index in [9.17, 15) is 17.6 Å². The number of benzene rings is 1. The Balaban J connectivity index is 1.75. The number of aryl methyl sites for hydroxylation is 1. The number of halogens is 1. The van der Waals surface area contributed by atoms with Gasteiger partial charge in [-0.25, -0.2) is 17.8 Å². The van der Waals surface area contributed by atoms with Crippen molar-refractivity contribution in [2.75, 3.05) is 11.6 Å². The van der Waals surface area contributed by atoms with Crippen molar-refractivity contribution in [3.8, 4) is 5.69 Å². The predicted molar refractivity (Wildman–Crippen MR) is 100 cm³/mol. The molecule has 3 aromatic heterocycles. The highest BCUT2D eigenvalue weighted by molar-refractivity contribution is 7.90. The minimum Gasteiger partial charge on any atom is -0.318 e. The van der Waals surface area contributed by atoms with Crippen LogP contribution in [-0.2, 0) is 9.84 Å². The van der Waals surface area contributed by atoms with E-state index in [0.29, 0.717) is 11.5 Å². The maximum absolute atomic E-state index is 14.3. The Morgan fingerprint density at radius 1 is 1.21 bits per heavy atom. The van der Waals surface area contributed by atoms with Gasteiger partial charge in [-0.3, -0.25) is 9.20 Å². The van der Waals surface area contributed by atoms with Crippen molar-refractivity contribution in [2.45, 2.75) is 12.1 Å². The van der Waals surface area contributed by atoms with Crippen LogP contribution in [0.15, 0.2) is 47.8 Å². The summed E-state index contributed by atoms with van der Waals surface area (Å²) in [4.78, 5) is 16.8.